The third-order valence-electron chi connectivity index (χ3n) is 4.14. The van der Waals surface area contributed by atoms with Gasteiger partial charge >= 0.3 is 0 Å². The van der Waals surface area contributed by atoms with Gasteiger partial charge in [0.1, 0.15) is 6.04 Å². The van der Waals surface area contributed by atoms with E-state index in [1.165, 1.54) is 0 Å². The molecule has 1 N–H and O–H groups in total. The van der Waals surface area contributed by atoms with E-state index in [2.05, 4.69) is 5.32 Å². The molecule has 1 aliphatic carbocycles. The minimum atomic E-state index is -0.323. The number of hydrogen-bond donors (Lipinski definition) is 1. The van der Waals surface area contributed by atoms with Crippen LogP contribution in [0.15, 0.2) is 18.2 Å². The lowest BCUT2D eigenvalue weighted by atomic mass is 10.1. The molecule has 1 aliphatic heterocycles. The molecule has 1 saturated heterocycles. The zero-order valence-corrected chi connectivity index (χ0v) is 13.7. The first kappa shape index (κ1) is 15.6. The maximum absolute atomic E-state index is 12.5. The summed E-state index contributed by atoms with van der Waals surface area (Å²) in [7, 11) is 0. The van der Waals surface area contributed by atoms with E-state index in [1.54, 1.807) is 23.1 Å². The van der Waals surface area contributed by atoms with Gasteiger partial charge in [-0.3, -0.25) is 9.59 Å². The van der Waals surface area contributed by atoms with Crippen molar-refractivity contribution < 1.29 is 9.59 Å². The van der Waals surface area contributed by atoms with Crippen LogP contribution in [-0.2, 0) is 16.0 Å². The Morgan fingerprint density at radius 2 is 1.95 bits per heavy atom. The molecule has 1 saturated carbocycles. The first-order chi connectivity index (χ1) is 10.5. The van der Waals surface area contributed by atoms with Gasteiger partial charge in [-0.05, 0) is 43.4 Å². The summed E-state index contributed by atoms with van der Waals surface area (Å²) < 4.78 is 0. The molecule has 3 rings (SSSR count). The van der Waals surface area contributed by atoms with Gasteiger partial charge in [0.25, 0.3) is 0 Å². The minimum Gasteiger partial charge on any atom is -0.352 e. The largest absolute Gasteiger partial charge is 0.352 e. The van der Waals surface area contributed by atoms with E-state index >= 15 is 0 Å². The number of hydrogen-bond acceptors (Lipinski definition) is 2. The lowest BCUT2D eigenvalue weighted by molar-refractivity contribution is -0.138. The quantitative estimate of drug-likeness (QED) is 0.916. The van der Waals surface area contributed by atoms with Gasteiger partial charge in [0.15, 0.2) is 0 Å². The summed E-state index contributed by atoms with van der Waals surface area (Å²) in [6.07, 6.45) is 3.96. The van der Waals surface area contributed by atoms with Gasteiger partial charge in [0.05, 0.1) is 16.5 Å². The van der Waals surface area contributed by atoms with Crippen molar-refractivity contribution in [2.45, 2.75) is 44.2 Å². The van der Waals surface area contributed by atoms with Crippen LogP contribution in [0.1, 0.15) is 31.2 Å². The summed E-state index contributed by atoms with van der Waals surface area (Å²) in [5.74, 6) is -0.0469. The number of carbonyl (C=O) groups excluding carboxylic acids is 2. The fourth-order valence-electron chi connectivity index (χ4n) is 2.79. The van der Waals surface area contributed by atoms with E-state index in [4.69, 9.17) is 23.2 Å². The Bertz CT molecular complexity index is 602. The van der Waals surface area contributed by atoms with Gasteiger partial charge in [0, 0.05) is 12.6 Å². The van der Waals surface area contributed by atoms with Crippen molar-refractivity contribution in [2.75, 3.05) is 6.54 Å². The van der Waals surface area contributed by atoms with Gasteiger partial charge in [-0.2, -0.15) is 0 Å². The second kappa shape index (κ2) is 6.47. The summed E-state index contributed by atoms with van der Waals surface area (Å²) in [6.45, 7) is 0.642. The first-order valence-corrected chi connectivity index (χ1v) is 8.34. The number of likely N-dealkylation sites (tertiary alicyclic amines) is 1. The van der Waals surface area contributed by atoms with Crippen LogP contribution in [0.5, 0.6) is 0 Å². The summed E-state index contributed by atoms with van der Waals surface area (Å²) in [5, 5.41) is 3.90. The molecule has 1 aromatic rings. The number of carbonyl (C=O) groups is 2. The number of rotatable bonds is 4. The molecule has 6 heteroatoms. The topological polar surface area (TPSA) is 49.4 Å². The van der Waals surface area contributed by atoms with Crippen LogP contribution in [0, 0.1) is 0 Å². The number of nitrogens with one attached hydrogen (secondary N) is 1. The van der Waals surface area contributed by atoms with E-state index in [0.717, 1.165) is 31.2 Å². The van der Waals surface area contributed by atoms with Crippen LogP contribution < -0.4 is 5.32 Å². The highest BCUT2D eigenvalue weighted by Gasteiger charge is 2.36. The lowest BCUT2D eigenvalue weighted by Crippen LogP contribution is -2.47. The highest BCUT2D eigenvalue weighted by molar-refractivity contribution is 6.42. The number of halogens is 2. The minimum absolute atomic E-state index is 0.0116. The highest BCUT2D eigenvalue weighted by Crippen LogP contribution is 2.25. The Morgan fingerprint density at radius 3 is 2.64 bits per heavy atom. The molecule has 22 heavy (non-hydrogen) atoms. The van der Waals surface area contributed by atoms with E-state index < -0.39 is 0 Å². The highest BCUT2D eigenvalue weighted by atomic mass is 35.5. The molecule has 1 heterocycles. The molecule has 1 aromatic carbocycles. The molecular formula is C16H18Cl2N2O2. The smallest absolute Gasteiger partial charge is 0.243 e. The standard InChI is InChI=1S/C16H18Cl2N2O2/c17-12-6-3-10(8-13(12)18)9-15(21)20-7-1-2-14(20)16(22)19-11-4-5-11/h3,6,8,11,14H,1-2,4-5,7,9H2,(H,19,22). The average molecular weight is 341 g/mol. The van der Waals surface area contributed by atoms with Crippen molar-refractivity contribution in [3.8, 4) is 0 Å². The Labute approximate surface area is 139 Å². The monoisotopic (exact) mass is 340 g/mol. The summed E-state index contributed by atoms with van der Waals surface area (Å²) >= 11 is 11.9. The average Bonchev–Trinajstić information content (AvgIpc) is 3.15. The fourth-order valence-corrected chi connectivity index (χ4v) is 3.11. The van der Waals surface area contributed by atoms with Crippen molar-refractivity contribution in [1.29, 1.82) is 0 Å². The molecule has 0 bridgehead atoms. The summed E-state index contributed by atoms with van der Waals surface area (Å²) in [5.41, 5.74) is 0.813. The molecule has 0 spiro atoms. The van der Waals surface area contributed by atoms with Gasteiger partial charge in [-0.1, -0.05) is 29.3 Å². The summed E-state index contributed by atoms with van der Waals surface area (Å²) in [4.78, 5) is 26.4. The van der Waals surface area contributed by atoms with Crippen LogP contribution in [0.2, 0.25) is 10.0 Å². The molecular weight excluding hydrogens is 323 g/mol. The van der Waals surface area contributed by atoms with Gasteiger partial charge in [0.2, 0.25) is 11.8 Å². The predicted molar refractivity (Wildman–Crippen MR) is 86.1 cm³/mol. The molecule has 0 aromatic heterocycles. The molecule has 2 aliphatic rings. The van der Waals surface area contributed by atoms with Crippen LogP contribution in [-0.4, -0.2) is 35.3 Å². The zero-order chi connectivity index (χ0) is 15.7. The Kier molecular flexibility index (Phi) is 4.59. The number of benzene rings is 1. The van der Waals surface area contributed by atoms with Gasteiger partial charge < -0.3 is 10.2 Å². The first-order valence-electron chi connectivity index (χ1n) is 7.58. The van der Waals surface area contributed by atoms with Crippen LogP contribution in [0.3, 0.4) is 0 Å². The lowest BCUT2D eigenvalue weighted by Gasteiger charge is -2.24. The third kappa shape index (κ3) is 3.55. The molecule has 1 unspecified atom stereocenters. The van der Waals surface area contributed by atoms with Crippen molar-refractivity contribution in [3.05, 3.63) is 33.8 Å². The molecule has 118 valence electrons. The second-order valence-corrected chi connectivity index (χ2v) is 6.77. The Morgan fingerprint density at radius 1 is 1.18 bits per heavy atom. The van der Waals surface area contributed by atoms with Crippen molar-refractivity contribution in [3.63, 3.8) is 0 Å². The van der Waals surface area contributed by atoms with E-state index in [9.17, 15) is 9.59 Å². The normalized spacial score (nSPS) is 21.0. The zero-order valence-electron chi connectivity index (χ0n) is 12.1. The summed E-state index contributed by atoms with van der Waals surface area (Å²) in [6, 6.07) is 5.18. The Hall–Kier alpha value is -1.26. The van der Waals surface area contributed by atoms with E-state index in [-0.39, 0.29) is 24.3 Å². The fraction of sp³-hybridized carbons (Fsp3) is 0.500. The van der Waals surface area contributed by atoms with Crippen molar-refractivity contribution in [2.24, 2.45) is 0 Å². The van der Waals surface area contributed by atoms with Gasteiger partial charge in [-0.25, -0.2) is 0 Å². The van der Waals surface area contributed by atoms with Crippen molar-refractivity contribution in [1.82, 2.24) is 10.2 Å². The van der Waals surface area contributed by atoms with E-state index in [0.29, 0.717) is 22.6 Å². The number of nitrogens with zero attached hydrogens (tertiary/aromatic N) is 1. The number of amides is 2. The van der Waals surface area contributed by atoms with Crippen molar-refractivity contribution >= 4 is 35.0 Å². The molecule has 2 amide bonds. The SMILES string of the molecule is O=C(NC1CC1)C1CCCN1C(=O)Cc1ccc(Cl)c(Cl)c1. The van der Waals surface area contributed by atoms with Crippen LogP contribution in [0.25, 0.3) is 0 Å². The maximum Gasteiger partial charge on any atom is 0.243 e. The second-order valence-electron chi connectivity index (χ2n) is 5.95. The maximum atomic E-state index is 12.5. The van der Waals surface area contributed by atoms with Crippen LogP contribution >= 0.6 is 23.2 Å². The molecule has 4 nitrogen and oxygen atoms in total. The van der Waals surface area contributed by atoms with Crippen LogP contribution in [0.4, 0.5) is 0 Å². The van der Waals surface area contributed by atoms with E-state index in [1.807, 2.05) is 0 Å². The molecule has 2 fully saturated rings. The van der Waals surface area contributed by atoms with Gasteiger partial charge in [-0.15, -0.1) is 0 Å². The predicted octanol–water partition coefficient (Wildman–Crippen LogP) is 2.81. The Balaban J connectivity index is 1.64. The molecule has 0 radical (unpaired) electrons. The molecule has 1 atom stereocenters. The third-order valence-corrected chi connectivity index (χ3v) is 4.88.